The number of carbonyl (C=O) groups is 1. The maximum atomic E-state index is 11.8. The molecule has 0 saturated heterocycles. The molecule has 0 fully saturated rings. The van der Waals surface area contributed by atoms with Crippen LogP contribution in [-0.2, 0) is 9.53 Å². The molecule has 0 aliphatic heterocycles. The first-order valence-electron chi connectivity index (χ1n) is 5.38. The molecule has 0 bridgehead atoms. The third-order valence-corrected chi connectivity index (χ3v) is 2.40. The molecule has 0 aromatic heterocycles. The van der Waals surface area contributed by atoms with E-state index >= 15 is 0 Å². The number of nitrogens with zero attached hydrogens (tertiary/aromatic N) is 1. The summed E-state index contributed by atoms with van der Waals surface area (Å²) in [6.45, 7) is -0.783. The first-order chi connectivity index (χ1) is 9.02. The molecule has 1 aromatic rings. The van der Waals surface area contributed by atoms with Crippen LogP contribution in [-0.4, -0.2) is 25.5 Å². The summed E-state index contributed by atoms with van der Waals surface area (Å²) < 4.78 is 28.1. The van der Waals surface area contributed by atoms with Crippen LogP contribution in [0, 0.1) is 11.3 Å². The van der Waals surface area contributed by atoms with Gasteiger partial charge in [-0.2, -0.15) is 5.26 Å². The van der Waals surface area contributed by atoms with E-state index in [2.05, 4.69) is 10.1 Å². The van der Waals surface area contributed by atoms with Crippen LogP contribution < -0.4 is 5.32 Å². The van der Waals surface area contributed by atoms with Gasteiger partial charge in [0.2, 0.25) is 5.91 Å². The van der Waals surface area contributed by atoms with E-state index in [9.17, 15) is 13.6 Å². The summed E-state index contributed by atoms with van der Waals surface area (Å²) in [5.74, 6) is -0.402. The third kappa shape index (κ3) is 5.64. The number of amides is 1. The van der Waals surface area contributed by atoms with Gasteiger partial charge in [-0.3, -0.25) is 4.79 Å². The van der Waals surface area contributed by atoms with E-state index in [4.69, 9.17) is 16.9 Å². The van der Waals surface area contributed by atoms with Gasteiger partial charge in [-0.25, -0.2) is 8.78 Å². The van der Waals surface area contributed by atoms with E-state index in [1.807, 2.05) is 6.07 Å². The lowest BCUT2D eigenvalue weighted by atomic mass is 10.2. The summed E-state index contributed by atoms with van der Waals surface area (Å²) in [5.41, 5.74) is 0.739. The Balaban J connectivity index is 2.42. The van der Waals surface area contributed by atoms with Gasteiger partial charge in [0.15, 0.2) is 0 Å². The number of nitriles is 1. The molecule has 7 heteroatoms. The van der Waals surface area contributed by atoms with Crippen LogP contribution in [0.5, 0.6) is 0 Å². The van der Waals surface area contributed by atoms with Crippen molar-refractivity contribution in [3.05, 3.63) is 28.8 Å². The Morgan fingerprint density at radius 2 is 2.26 bits per heavy atom. The first kappa shape index (κ1) is 15.3. The number of carbonyl (C=O) groups excluding carboxylic acids is 1. The minimum Gasteiger partial charge on any atom is -0.375 e. The van der Waals surface area contributed by atoms with Crippen molar-refractivity contribution in [1.82, 2.24) is 0 Å². The molecule has 1 N–H and O–H groups in total. The fourth-order valence-electron chi connectivity index (χ4n) is 1.24. The molecule has 0 spiro atoms. The first-order valence-corrected chi connectivity index (χ1v) is 5.76. The van der Waals surface area contributed by atoms with Gasteiger partial charge in [-0.1, -0.05) is 11.6 Å². The average molecular weight is 289 g/mol. The molecular formula is C12H11ClF2N2O2. The maximum absolute atomic E-state index is 11.8. The Morgan fingerprint density at radius 3 is 2.84 bits per heavy atom. The lowest BCUT2D eigenvalue weighted by Gasteiger charge is -2.07. The van der Waals surface area contributed by atoms with Gasteiger partial charge < -0.3 is 10.1 Å². The molecule has 0 aliphatic rings. The van der Waals surface area contributed by atoms with Crippen LogP contribution >= 0.6 is 11.6 Å². The zero-order valence-corrected chi connectivity index (χ0v) is 10.6. The predicted molar refractivity (Wildman–Crippen MR) is 66.2 cm³/mol. The fraction of sp³-hybridized carbons (Fsp3) is 0.333. The lowest BCUT2D eigenvalue weighted by Crippen LogP contribution is -2.15. The summed E-state index contributed by atoms with van der Waals surface area (Å²) in [5, 5.41) is 11.4. The van der Waals surface area contributed by atoms with Gasteiger partial charge in [0.05, 0.1) is 35.4 Å². The second-order valence-electron chi connectivity index (χ2n) is 3.57. The van der Waals surface area contributed by atoms with Crippen LogP contribution in [0.15, 0.2) is 18.2 Å². The second kappa shape index (κ2) is 7.67. The molecule has 1 rings (SSSR count). The zero-order chi connectivity index (χ0) is 14.3. The topological polar surface area (TPSA) is 62.1 Å². The Bertz CT molecular complexity index is 489. The van der Waals surface area contributed by atoms with Crippen molar-refractivity contribution in [3.63, 3.8) is 0 Å². The molecule has 19 heavy (non-hydrogen) atoms. The Hall–Kier alpha value is -1.71. The molecule has 0 aliphatic carbocycles. The van der Waals surface area contributed by atoms with Gasteiger partial charge in [-0.15, -0.1) is 0 Å². The predicted octanol–water partition coefficient (Wildman–Crippen LogP) is 2.82. The van der Waals surface area contributed by atoms with Crippen molar-refractivity contribution in [2.24, 2.45) is 0 Å². The summed E-state index contributed by atoms with van der Waals surface area (Å²) in [7, 11) is 0. The number of benzene rings is 1. The van der Waals surface area contributed by atoms with Crippen molar-refractivity contribution in [2.75, 3.05) is 18.5 Å². The van der Waals surface area contributed by atoms with Crippen LogP contribution in [0.25, 0.3) is 0 Å². The number of halogens is 3. The number of ether oxygens (including phenoxy) is 1. The summed E-state index contributed by atoms with van der Waals surface area (Å²) in [6.07, 6.45) is -2.60. The minimum atomic E-state index is -2.55. The molecule has 0 heterocycles. The maximum Gasteiger partial charge on any atom is 0.261 e. The molecule has 0 radical (unpaired) electrons. The summed E-state index contributed by atoms with van der Waals surface area (Å²) >= 11 is 5.86. The van der Waals surface area contributed by atoms with Crippen molar-refractivity contribution in [1.29, 1.82) is 5.26 Å². The van der Waals surface area contributed by atoms with Crippen molar-refractivity contribution >= 4 is 23.2 Å². The molecule has 102 valence electrons. The van der Waals surface area contributed by atoms with E-state index in [-0.39, 0.29) is 18.1 Å². The Labute approximate surface area is 113 Å². The largest absolute Gasteiger partial charge is 0.375 e. The average Bonchev–Trinajstić information content (AvgIpc) is 2.37. The smallest absolute Gasteiger partial charge is 0.261 e. The summed E-state index contributed by atoms with van der Waals surface area (Å²) in [6, 6.07) is 6.34. The molecule has 1 aromatic carbocycles. The highest BCUT2D eigenvalue weighted by atomic mass is 35.5. The number of anilines is 1. The third-order valence-electron chi connectivity index (χ3n) is 2.09. The van der Waals surface area contributed by atoms with E-state index in [0.717, 1.165) is 0 Å². The molecule has 0 saturated carbocycles. The van der Waals surface area contributed by atoms with Gasteiger partial charge in [0.1, 0.15) is 6.61 Å². The second-order valence-corrected chi connectivity index (χ2v) is 3.98. The number of nitrogens with one attached hydrogen (secondary N) is 1. The molecule has 0 unspecified atom stereocenters. The standard InChI is InChI=1S/C12H11ClF2N2O2/c13-9-5-8(6-16)1-2-10(9)17-12(18)3-4-19-7-11(14)15/h1-2,5,11H,3-4,7H2,(H,17,18). The van der Waals surface area contributed by atoms with Crippen molar-refractivity contribution < 1.29 is 18.3 Å². The number of hydrogen-bond donors (Lipinski definition) is 1. The normalized spacial score (nSPS) is 10.3. The zero-order valence-electron chi connectivity index (χ0n) is 9.83. The Morgan fingerprint density at radius 1 is 1.53 bits per heavy atom. The van der Waals surface area contributed by atoms with E-state index < -0.39 is 18.9 Å². The van der Waals surface area contributed by atoms with Crippen LogP contribution in [0.1, 0.15) is 12.0 Å². The minimum absolute atomic E-state index is 0.0525. The van der Waals surface area contributed by atoms with E-state index in [0.29, 0.717) is 11.3 Å². The van der Waals surface area contributed by atoms with Gasteiger partial charge in [0, 0.05) is 0 Å². The van der Waals surface area contributed by atoms with Crippen LogP contribution in [0.4, 0.5) is 14.5 Å². The van der Waals surface area contributed by atoms with Gasteiger partial charge in [0.25, 0.3) is 6.43 Å². The molecular weight excluding hydrogens is 278 g/mol. The number of alkyl halides is 2. The van der Waals surface area contributed by atoms with E-state index in [1.165, 1.54) is 18.2 Å². The highest BCUT2D eigenvalue weighted by Crippen LogP contribution is 2.22. The van der Waals surface area contributed by atoms with Gasteiger partial charge in [-0.05, 0) is 18.2 Å². The molecule has 1 amide bonds. The van der Waals surface area contributed by atoms with E-state index in [1.54, 1.807) is 0 Å². The number of hydrogen-bond acceptors (Lipinski definition) is 3. The van der Waals surface area contributed by atoms with Gasteiger partial charge >= 0.3 is 0 Å². The quantitative estimate of drug-likeness (QED) is 0.819. The summed E-state index contributed by atoms with van der Waals surface area (Å²) in [4.78, 5) is 11.5. The van der Waals surface area contributed by atoms with Crippen molar-refractivity contribution in [3.8, 4) is 6.07 Å². The number of rotatable bonds is 6. The lowest BCUT2D eigenvalue weighted by molar-refractivity contribution is -0.117. The fourth-order valence-corrected chi connectivity index (χ4v) is 1.46. The highest BCUT2D eigenvalue weighted by molar-refractivity contribution is 6.33. The SMILES string of the molecule is N#Cc1ccc(NC(=O)CCOCC(F)F)c(Cl)c1. The molecule has 4 nitrogen and oxygen atoms in total. The Kier molecular flexibility index (Phi) is 6.19. The molecule has 0 atom stereocenters. The van der Waals surface area contributed by atoms with Crippen LogP contribution in [0.3, 0.4) is 0 Å². The monoisotopic (exact) mass is 288 g/mol. The van der Waals surface area contributed by atoms with Crippen LogP contribution in [0.2, 0.25) is 5.02 Å². The highest BCUT2D eigenvalue weighted by Gasteiger charge is 2.08. The van der Waals surface area contributed by atoms with Crippen molar-refractivity contribution in [2.45, 2.75) is 12.8 Å².